The Balaban J connectivity index is 1.83. The third-order valence-corrected chi connectivity index (χ3v) is 5.37. The maximum absolute atomic E-state index is 11.9. The topological polar surface area (TPSA) is 79.3 Å². The van der Waals surface area contributed by atoms with Crippen LogP contribution < -0.4 is 9.47 Å². The molecule has 136 valence electrons. The highest BCUT2D eigenvalue weighted by atomic mass is 16.5. The van der Waals surface area contributed by atoms with E-state index in [9.17, 15) is 14.7 Å². The van der Waals surface area contributed by atoms with E-state index in [1.807, 2.05) is 11.9 Å². The van der Waals surface area contributed by atoms with Crippen molar-refractivity contribution in [1.29, 1.82) is 0 Å². The first-order chi connectivity index (χ1) is 12.0. The second-order valence-electron chi connectivity index (χ2n) is 6.70. The van der Waals surface area contributed by atoms with Crippen LogP contribution in [-0.2, 0) is 11.3 Å². The average molecular weight is 348 g/mol. The molecule has 2 atom stereocenters. The molecule has 7 heteroatoms. The van der Waals surface area contributed by atoms with Crippen LogP contribution in [0, 0.1) is 5.92 Å². The number of likely N-dealkylation sites (N-methyl/N-ethyl adjacent to an activating group) is 1. The third-order valence-electron chi connectivity index (χ3n) is 5.37. The van der Waals surface area contributed by atoms with Crippen LogP contribution in [0.4, 0.5) is 0 Å². The Bertz CT molecular complexity index is 690. The van der Waals surface area contributed by atoms with Crippen LogP contribution in [0.25, 0.3) is 0 Å². The van der Waals surface area contributed by atoms with Gasteiger partial charge in [-0.2, -0.15) is 0 Å². The van der Waals surface area contributed by atoms with Gasteiger partial charge in [0.1, 0.15) is 5.56 Å². The first kappa shape index (κ1) is 17.5. The van der Waals surface area contributed by atoms with Gasteiger partial charge in [0.05, 0.1) is 14.2 Å². The number of ether oxygens (including phenoxy) is 2. The fourth-order valence-corrected chi connectivity index (χ4v) is 3.99. The Morgan fingerprint density at radius 2 is 2.08 bits per heavy atom. The average Bonchev–Trinajstić information content (AvgIpc) is 2.88. The molecule has 2 heterocycles. The molecule has 1 N–H and O–H groups in total. The molecule has 25 heavy (non-hydrogen) atoms. The molecular formula is C18H24N2O5. The summed E-state index contributed by atoms with van der Waals surface area (Å²) in [7, 11) is 4.79. The number of carbonyl (C=O) groups is 2. The molecule has 1 aromatic rings. The Morgan fingerprint density at radius 1 is 1.32 bits per heavy atom. The van der Waals surface area contributed by atoms with E-state index < -0.39 is 5.97 Å². The number of methoxy groups -OCH3 is 2. The van der Waals surface area contributed by atoms with Gasteiger partial charge < -0.3 is 19.5 Å². The summed E-state index contributed by atoms with van der Waals surface area (Å²) in [4.78, 5) is 27.7. The highest BCUT2D eigenvalue weighted by Crippen LogP contribution is 2.36. The van der Waals surface area contributed by atoms with Gasteiger partial charge in [-0.1, -0.05) is 6.07 Å². The molecule has 0 saturated carbocycles. The Hall–Kier alpha value is -2.28. The summed E-state index contributed by atoms with van der Waals surface area (Å²) < 4.78 is 10.5. The van der Waals surface area contributed by atoms with Crippen molar-refractivity contribution in [2.75, 3.05) is 34.4 Å². The minimum atomic E-state index is -1.03. The number of likely N-dealkylation sites (tertiary alicyclic amines) is 2. The number of hydrogen-bond donors (Lipinski definition) is 1. The Labute approximate surface area is 147 Å². The summed E-state index contributed by atoms with van der Waals surface area (Å²) in [6.07, 6.45) is 1.59. The van der Waals surface area contributed by atoms with E-state index in [-0.39, 0.29) is 23.3 Å². The van der Waals surface area contributed by atoms with Gasteiger partial charge in [0, 0.05) is 32.6 Å². The van der Waals surface area contributed by atoms with Crippen LogP contribution in [0.15, 0.2) is 12.1 Å². The minimum absolute atomic E-state index is 0.139. The van der Waals surface area contributed by atoms with E-state index in [2.05, 4.69) is 4.90 Å². The maximum Gasteiger partial charge on any atom is 0.339 e. The van der Waals surface area contributed by atoms with E-state index in [0.717, 1.165) is 19.5 Å². The van der Waals surface area contributed by atoms with E-state index in [1.165, 1.54) is 14.2 Å². The molecular weight excluding hydrogens is 324 g/mol. The second-order valence-corrected chi connectivity index (χ2v) is 6.70. The number of benzene rings is 1. The number of carboxylic acid groups (broad SMARTS) is 1. The lowest BCUT2D eigenvalue weighted by Crippen LogP contribution is -2.47. The zero-order valence-corrected chi connectivity index (χ0v) is 14.8. The number of carboxylic acids is 1. The van der Waals surface area contributed by atoms with Gasteiger partial charge in [-0.05, 0) is 30.5 Å². The standard InChI is InChI=1S/C18H24N2O5/c1-19-13-10-20(7-6-11(13)8-15(19)21)9-12-4-5-14(24-2)17(25-3)16(12)18(22)23/h4-5,11,13H,6-10H2,1-3H3,(H,22,23)/t11-,13-/m1/s1. The molecule has 1 amide bonds. The fraction of sp³-hybridized carbons (Fsp3) is 0.556. The van der Waals surface area contributed by atoms with Gasteiger partial charge in [-0.25, -0.2) is 4.79 Å². The number of amides is 1. The van der Waals surface area contributed by atoms with E-state index in [1.54, 1.807) is 12.1 Å². The van der Waals surface area contributed by atoms with Gasteiger partial charge in [-0.3, -0.25) is 9.69 Å². The Kier molecular flexibility index (Phi) is 4.85. The predicted octanol–water partition coefficient (Wildman–Crippen LogP) is 1.45. The molecule has 3 rings (SSSR count). The van der Waals surface area contributed by atoms with Gasteiger partial charge in [0.15, 0.2) is 11.5 Å². The first-order valence-corrected chi connectivity index (χ1v) is 8.41. The predicted molar refractivity (Wildman–Crippen MR) is 91.1 cm³/mol. The summed E-state index contributed by atoms with van der Waals surface area (Å²) in [6.45, 7) is 2.13. The fourth-order valence-electron chi connectivity index (χ4n) is 3.99. The molecule has 0 radical (unpaired) electrons. The molecule has 7 nitrogen and oxygen atoms in total. The molecule has 0 unspecified atom stereocenters. The molecule has 0 aliphatic carbocycles. The zero-order valence-electron chi connectivity index (χ0n) is 14.8. The Morgan fingerprint density at radius 3 is 2.72 bits per heavy atom. The van der Waals surface area contributed by atoms with Gasteiger partial charge in [0.25, 0.3) is 0 Å². The van der Waals surface area contributed by atoms with Crippen molar-refractivity contribution in [3.8, 4) is 11.5 Å². The quantitative estimate of drug-likeness (QED) is 0.868. The van der Waals surface area contributed by atoms with Crippen molar-refractivity contribution in [2.24, 2.45) is 5.92 Å². The van der Waals surface area contributed by atoms with Gasteiger partial charge in [-0.15, -0.1) is 0 Å². The van der Waals surface area contributed by atoms with E-state index >= 15 is 0 Å². The van der Waals surface area contributed by atoms with Crippen molar-refractivity contribution < 1.29 is 24.2 Å². The highest BCUT2D eigenvalue weighted by molar-refractivity contribution is 5.93. The molecule has 2 aliphatic rings. The summed E-state index contributed by atoms with van der Waals surface area (Å²) >= 11 is 0. The lowest BCUT2D eigenvalue weighted by atomic mass is 9.91. The smallest absolute Gasteiger partial charge is 0.339 e. The van der Waals surface area contributed by atoms with Crippen LogP contribution in [0.3, 0.4) is 0 Å². The van der Waals surface area contributed by atoms with Gasteiger partial charge >= 0.3 is 5.97 Å². The molecule has 2 aliphatic heterocycles. The van der Waals surface area contributed by atoms with E-state index in [4.69, 9.17) is 9.47 Å². The molecule has 0 spiro atoms. The number of piperidine rings is 1. The SMILES string of the molecule is COc1ccc(CN2CC[C@@H]3CC(=O)N(C)[C@@H]3C2)c(C(=O)O)c1OC. The highest BCUT2D eigenvalue weighted by Gasteiger charge is 2.41. The van der Waals surface area contributed by atoms with Crippen LogP contribution in [0.5, 0.6) is 11.5 Å². The summed E-state index contributed by atoms with van der Waals surface area (Å²) in [5.74, 6) is 0.236. The zero-order chi connectivity index (χ0) is 18.1. The summed E-state index contributed by atoms with van der Waals surface area (Å²) in [5.41, 5.74) is 0.829. The number of hydrogen-bond acceptors (Lipinski definition) is 5. The number of fused-ring (bicyclic) bond motifs is 1. The largest absolute Gasteiger partial charge is 0.493 e. The lowest BCUT2D eigenvalue weighted by Gasteiger charge is -2.37. The van der Waals surface area contributed by atoms with Crippen molar-refractivity contribution in [3.05, 3.63) is 23.3 Å². The van der Waals surface area contributed by atoms with Crippen LogP contribution in [0.2, 0.25) is 0 Å². The van der Waals surface area contributed by atoms with E-state index in [0.29, 0.717) is 30.2 Å². The first-order valence-electron chi connectivity index (χ1n) is 8.41. The molecule has 0 aromatic heterocycles. The van der Waals surface area contributed by atoms with Crippen molar-refractivity contribution in [3.63, 3.8) is 0 Å². The van der Waals surface area contributed by atoms with Gasteiger partial charge in [0.2, 0.25) is 5.91 Å². The second kappa shape index (κ2) is 6.92. The maximum atomic E-state index is 11.9. The van der Waals surface area contributed by atoms with Crippen LogP contribution in [0.1, 0.15) is 28.8 Å². The van der Waals surface area contributed by atoms with Crippen molar-refractivity contribution in [1.82, 2.24) is 9.80 Å². The van der Waals surface area contributed by atoms with Crippen molar-refractivity contribution in [2.45, 2.75) is 25.4 Å². The molecule has 0 bridgehead atoms. The number of carbonyl (C=O) groups excluding carboxylic acids is 1. The molecule has 1 aromatic carbocycles. The third kappa shape index (κ3) is 3.16. The molecule has 2 saturated heterocycles. The number of rotatable bonds is 5. The summed E-state index contributed by atoms with van der Waals surface area (Å²) in [5, 5.41) is 9.65. The monoisotopic (exact) mass is 348 g/mol. The normalized spacial score (nSPS) is 23.5. The summed E-state index contributed by atoms with van der Waals surface area (Å²) in [6, 6.07) is 3.73. The van der Waals surface area contributed by atoms with Crippen molar-refractivity contribution >= 4 is 11.9 Å². The minimum Gasteiger partial charge on any atom is -0.493 e. The lowest BCUT2D eigenvalue weighted by molar-refractivity contribution is -0.127. The van der Waals surface area contributed by atoms with Crippen LogP contribution >= 0.6 is 0 Å². The molecule has 2 fully saturated rings. The number of nitrogens with zero attached hydrogens (tertiary/aromatic N) is 2. The number of aromatic carboxylic acids is 1. The van der Waals surface area contributed by atoms with Crippen LogP contribution in [-0.4, -0.2) is 67.2 Å².